The van der Waals surface area contributed by atoms with Crippen LogP contribution in [0.3, 0.4) is 0 Å². The summed E-state index contributed by atoms with van der Waals surface area (Å²) in [7, 11) is 0. The summed E-state index contributed by atoms with van der Waals surface area (Å²) in [6.07, 6.45) is 5.20. The van der Waals surface area contributed by atoms with Gasteiger partial charge in [-0.25, -0.2) is 0 Å². The van der Waals surface area contributed by atoms with Crippen molar-refractivity contribution in [2.24, 2.45) is 5.41 Å². The third-order valence-corrected chi connectivity index (χ3v) is 3.37. The second-order valence-corrected chi connectivity index (χ2v) is 5.84. The highest BCUT2D eigenvalue weighted by Gasteiger charge is 2.35. The smallest absolute Gasteiger partial charge is 0.244 e. The van der Waals surface area contributed by atoms with Gasteiger partial charge in [-0.1, -0.05) is 19.9 Å². The van der Waals surface area contributed by atoms with Gasteiger partial charge in [0.05, 0.1) is 6.04 Å². The lowest BCUT2D eigenvalue weighted by atomic mass is 9.74. The molecule has 1 N–H and O–H groups in total. The minimum Gasteiger partial charge on any atom is -0.466 e. The Hall–Kier alpha value is -1.51. The summed E-state index contributed by atoms with van der Waals surface area (Å²) in [6.45, 7) is 8.22. The van der Waals surface area contributed by atoms with Crippen LogP contribution in [0, 0.1) is 12.3 Å². The SMILES string of the molecule is CC=CC(=O)NC1CC(C)(C)Cc2oc(C)cc21. The van der Waals surface area contributed by atoms with Crippen LogP contribution in [0.4, 0.5) is 0 Å². The summed E-state index contributed by atoms with van der Waals surface area (Å²) >= 11 is 0. The third kappa shape index (κ3) is 2.66. The molecule has 0 aromatic carbocycles. The van der Waals surface area contributed by atoms with Gasteiger partial charge in [0.15, 0.2) is 0 Å². The Kier molecular flexibility index (Phi) is 3.33. The lowest BCUT2D eigenvalue weighted by Gasteiger charge is -2.34. The summed E-state index contributed by atoms with van der Waals surface area (Å²) in [5, 5.41) is 3.06. The minimum absolute atomic E-state index is 0.0370. The largest absolute Gasteiger partial charge is 0.466 e. The molecule has 1 unspecified atom stereocenters. The van der Waals surface area contributed by atoms with Crippen LogP contribution in [0.5, 0.6) is 0 Å². The normalized spacial score (nSPS) is 21.9. The molecule has 1 aliphatic carbocycles. The Labute approximate surface area is 108 Å². The molecule has 1 aliphatic rings. The van der Waals surface area contributed by atoms with Gasteiger partial charge >= 0.3 is 0 Å². The van der Waals surface area contributed by atoms with E-state index < -0.39 is 0 Å². The monoisotopic (exact) mass is 247 g/mol. The fourth-order valence-corrected chi connectivity index (χ4v) is 2.68. The van der Waals surface area contributed by atoms with E-state index in [1.807, 2.05) is 19.9 Å². The number of allylic oxidation sites excluding steroid dienone is 1. The summed E-state index contributed by atoms with van der Waals surface area (Å²) in [6, 6.07) is 2.11. The van der Waals surface area contributed by atoms with Crippen molar-refractivity contribution in [3.05, 3.63) is 35.3 Å². The van der Waals surface area contributed by atoms with Crippen molar-refractivity contribution in [2.75, 3.05) is 0 Å². The Bertz CT molecular complexity index is 483. The van der Waals surface area contributed by atoms with Crippen LogP contribution in [0.1, 0.15) is 50.3 Å². The van der Waals surface area contributed by atoms with Crippen LogP contribution in [-0.2, 0) is 11.2 Å². The van der Waals surface area contributed by atoms with Crippen molar-refractivity contribution >= 4 is 5.91 Å². The van der Waals surface area contributed by atoms with E-state index in [9.17, 15) is 4.79 Å². The van der Waals surface area contributed by atoms with Crippen molar-refractivity contribution < 1.29 is 9.21 Å². The number of carbonyl (C=O) groups is 1. The van der Waals surface area contributed by atoms with Crippen molar-refractivity contribution in [1.82, 2.24) is 5.32 Å². The molecular formula is C15H21NO2. The molecule has 3 heteroatoms. The molecule has 3 nitrogen and oxygen atoms in total. The molecular weight excluding hydrogens is 226 g/mol. The number of hydrogen-bond donors (Lipinski definition) is 1. The molecule has 0 saturated carbocycles. The lowest BCUT2D eigenvalue weighted by Crippen LogP contribution is -2.35. The zero-order chi connectivity index (χ0) is 13.3. The standard InChI is InChI=1S/C15H21NO2/c1-5-6-14(17)16-12-8-15(3,4)9-13-11(12)7-10(2)18-13/h5-7,12H,8-9H2,1-4H3,(H,16,17). The van der Waals surface area contributed by atoms with Gasteiger partial charge in [0.25, 0.3) is 0 Å². The van der Waals surface area contributed by atoms with Crippen LogP contribution in [0.15, 0.2) is 22.6 Å². The van der Waals surface area contributed by atoms with E-state index in [-0.39, 0.29) is 17.4 Å². The molecule has 0 fully saturated rings. The topological polar surface area (TPSA) is 42.2 Å². The average Bonchev–Trinajstić information content (AvgIpc) is 2.57. The molecule has 98 valence electrons. The summed E-state index contributed by atoms with van der Waals surface area (Å²) in [4.78, 5) is 11.7. The van der Waals surface area contributed by atoms with Crippen molar-refractivity contribution in [2.45, 2.75) is 46.6 Å². The van der Waals surface area contributed by atoms with E-state index in [0.29, 0.717) is 0 Å². The molecule has 1 aromatic rings. The molecule has 0 bridgehead atoms. The predicted octanol–water partition coefficient (Wildman–Crippen LogP) is 3.29. The molecule has 0 saturated heterocycles. The van der Waals surface area contributed by atoms with Gasteiger partial charge in [-0.05, 0) is 37.8 Å². The zero-order valence-electron chi connectivity index (χ0n) is 11.5. The van der Waals surface area contributed by atoms with Gasteiger partial charge in [0.2, 0.25) is 5.91 Å². The number of amides is 1. The first-order chi connectivity index (χ1) is 8.41. The van der Waals surface area contributed by atoms with E-state index in [4.69, 9.17) is 4.42 Å². The minimum atomic E-state index is -0.0370. The quantitative estimate of drug-likeness (QED) is 0.815. The molecule has 2 rings (SSSR count). The summed E-state index contributed by atoms with van der Waals surface area (Å²) in [5.74, 6) is 1.91. The molecule has 18 heavy (non-hydrogen) atoms. The maximum atomic E-state index is 11.7. The number of rotatable bonds is 2. The van der Waals surface area contributed by atoms with Gasteiger partial charge in [0.1, 0.15) is 11.5 Å². The Morgan fingerprint density at radius 3 is 2.94 bits per heavy atom. The van der Waals surface area contributed by atoms with Crippen LogP contribution < -0.4 is 5.32 Å². The molecule has 1 atom stereocenters. The van der Waals surface area contributed by atoms with Gasteiger partial charge in [-0.3, -0.25) is 4.79 Å². The van der Waals surface area contributed by atoms with Crippen LogP contribution >= 0.6 is 0 Å². The zero-order valence-corrected chi connectivity index (χ0v) is 11.5. The number of carbonyl (C=O) groups excluding carboxylic acids is 1. The average molecular weight is 247 g/mol. The van der Waals surface area contributed by atoms with E-state index in [1.54, 1.807) is 12.2 Å². The van der Waals surface area contributed by atoms with Crippen LogP contribution in [0.25, 0.3) is 0 Å². The number of furan rings is 1. The molecule has 1 aromatic heterocycles. The highest BCUT2D eigenvalue weighted by molar-refractivity contribution is 5.87. The van der Waals surface area contributed by atoms with E-state index >= 15 is 0 Å². The number of hydrogen-bond acceptors (Lipinski definition) is 2. The maximum absolute atomic E-state index is 11.7. The van der Waals surface area contributed by atoms with Crippen molar-refractivity contribution in [3.63, 3.8) is 0 Å². The first-order valence-electron chi connectivity index (χ1n) is 6.44. The second-order valence-electron chi connectivity index (χ2n) is 5.84. The maximum Gasteiger partial charge on any atom is 0.244 e. The van der Waals surface area contributed by atoms with E-state index in [0.717, 1.165) is 29.9 Å². The Balaban J connectivity index is 2.27. The van der Waals surface area contributed by atoms with Gasteiger partial charge in [-0.15, -0.1) is 0 Å². The van der Waals surface area contributed by atoms with Crippen LogP contribution in [-0.4, -0.2) is 5.91 Å². The van der Waals surface area contributed by atoms with Crippen molar-refractivity contribution in [1.29, 1.82) is 0 Å². The highest BCUT2D eigenvalue weighted by Crippen LogP contribution is 2.41. The van der Waals surface area contributed by atoms with Gasteiger partial charge in [0, 0.05) is 12.0 Å². The van der Waals surface area contributed by atoms with Crippen molar-refractivity contribution in [3.8, 4) is 0 Å². The Morgan fingerprint density at radius 1 is 1.56 bits per heavy atom. The molecule has 0 spiro atoms. The third-order valence-electron chi connectivity index (χ3n) is 3.37. The van der Waals surface area contributed by atoms with Gasteiger partial charge in [-0.2, -0.15) is 0 Å². The fourth-order valence-electron chi connectivity index (χ4n) is 2.68. The van der Waals surface area contributed by atoms with Crippen LogP contribution in [0.2, 0.25) is 0 Å². The summed E-state index contributed by atoms with van der Waals surface area (Å²) in [5.41, 5.74) is 1.30. The number of aryl methyl sites for hydroxylation is 1. The second kappa shape index (κ2) is 4.63. The molecule has 0 aliphatic heterocycles. The van der Waals surface area contributed by atoms with E-state index in [2.05, 4.69) is 19.2 Å². The molecule has 1 amide bonds. The van der Waals surface area contributed by atoms with Gasteiger partial charge < -0.3 is 9.73 Å². The Morgan fingerprint density at radius 2 is 2.28 bits per heavy atom. The fraction of sp³-hybridized carbons (Fsp3) is 0.533. The predicted molar refractivity (Wildman–Crippen MR) is 71.2 cm³/mol. The first-order valence-corrected chi connectivity index (χ1v) is 6.44. The summed E-state index contributed by atoms with van der Waals surface area (Å²) < 4.78 is 5.74. The highest BCUT2D eigenvalue weighted by atomic mass is 16.3. The molecule has 0 radical (unpaired) electrons. The number of nitrogens with one attached hydrogen (secondary N) is 1. The lowest BCUT2D eigenvalue weighted by molar-refractivity contribution is -0.117. The van der Waals surface area contributed by atoms with E-state index in [1.165, 1.54) is 0 Å². The number of fused-ring (bicyclic) bond motifs is 1. The molecule has 1 heterocycles. The first kappa shape index (κ1) is 12.9.